The van der Waals surface area contributed by atoms with Gasteiger partial charge in [-0.2, -0.15) is 0 Å². The minimum atomic E-state index is -0.855. The van der Waals surface area contributed by atoms with Gasteiger partial charge < -0.3 is 9.47 Å². The van der Waals surface area contributed by atoms with Gasteiger partial charge in [0.15, 0.2) is 11.5 Å². The van der Waals surface area contributed by atoms with Crippen LogP contribution in [0.3, 0.4) is 0 Å². The van der Waals surface area contributed by atoms with E-state index in [1.165, 1.54) is 12.1 Å². The number of carbonyl (C=O) groups excluding carboxylic acids is 2. The summed E-state index contributed by atoms with van der Waals surface area (Å²) in [6.07, 6.45) is 0.444. The van der Waals surface area contributed by atoms with Gasteiger partial charge >= 0.3 is 0 Å². The molecule has 0 bridgehead atoms. The van der Waals surface area contributed by atoms with Gasteiger partial charge in [-0.15, -0.1) is 0 Å². The van der Waals surface area contributed by atoms with E-state index in [0.29, 0.717) is 24.3 Å². The van der Waals surface area contributed by atoms with E-state index in [9.17, 15) is 14.0 Å². The number of halogens is 1. The van der Waals surface area contributed by atoms with Crippen LogP contribution in [0, 0.1) is 5.82 Å². The molecule has 0 aromatic heterocycles. The van der Waals surface area contributed by atoms with E-state index < -0.39 is 17.4 Å². The molecule has 6 nitrogen and oxygen atoms in total. The molecule has 0 radical (unpaired) electrons. The molecular formula is C19H17FN2O4. The molecule has 26 heavy (non-hydrogen) atoms. The number of hydrazine groups is 1. The number of amides is 2. The lowest BCUT2D eigenvalue weighted by Crippen LogP contribution is -2.53. The smallest absolute Gasteiger partial charge is 0.283 e. The molecular weight excluding hydrogens is 339 g/mol. The van der Waals surface area contributed by atoms with Crippen LogP contribution in [0.25, 0.3) is 0 Å². The maximum absolute atomic E-state index is 13.1. The lowest BCUT2D eigenvalue weighted by Gasteiger charge is -2.26. The molecule has 7 heteroatoms. The fourth-order valence-electron chi connectivity index (χ4n) is 3.01. The molecule has 1 unspecified atom stereocenters. The first-order valence-electron chi connectivity index (χ1n) is 8.33. The molecule has 4 rings (SSSR count). The Balaban J connectivity index is 1.36. The van der Waals surface area contributed by atoms with E-state index in [2.05, 4.69) is 10.9 Å². The Morgan fingerprint density at radius 2 is 1.69 bits per heavy atom. The third-order valence-electron chi connectivity index (χ3n) is 4.68. The second-order valence-corrected chi connectivity index (χ2v) is 6.40. The average molecular weight is 356 g/mol. The van der Waals surface area contributed by atoms with E-state index in [1.807, 2.05) is 6.07 Å². The van der Waals surface area contributed by atoms with Crippen molar-refractivity contribution in [3.63, 3.8) is 0 Å². The van der Waals surface area contributed by atoms with E-state index in [-0.39, 0.29) is 18.3 Å². The highest BCUT2D eigenvalue weighted by molar-refractivity contribution is 5.93. The number of fused-ring (bicyclic) bond motifs is 1. The van der Waals surface area contributed by atoms with Gasteiger partial charge in [0.25, 0.3) is 5.91 Å². The SMILES string of the molecule is O=C(NNC(=O)C1(c2ccc(F)cc2)CC1)C1COc2ccccc2O1. The van der Waals surface area contributed by atoms with E-state index >= 15 is 0 Å². The molecule has 2 amide bonds. The summed E-state index contributed by atoms with van der Waals surface area (Å²) in [6, 6.07) is 12.9. The van der Waals surface area contributed by atoms with Crippen molar-refractivity contribution in [3.8, 4) is 11.5 Å². The summed E-state index contributed by atoms with van der Waals surface area (Å²) in [5, 5.41) is 0. The van der Waals surface area contributed by atoms with E-state index in [1.54, 1.807) is 30.3 Å². The molecule has 1 heterocycles. The zero-order valence-corrected chi connectivity index (χ0v) is 13.8. The molecule has 2 aromatic rings. The van der Waals surface area contributed by atoms with Crippen molar-refractivity contribution in [3.05, 3.63) is 59.9 Å². The number of ether oxygens (including phenoxy) is 2. The van der Waals surface area contributed by atoms with Crippen LogP contribution < -0.4 is 20.3 Å². The fourth-order valence-corrected chi connectivity index (χ4v) is 3.01. The fraction of sp³-hybridized carbons (Fsp3) is 0.263. The first kappa shape index (κ1) is 16.4. The number of benzene rings is 2. The van der Waals surface area contributed by atoms with Crippen LogP contribution >= 0.6 is 0 Å². The van der Waals surface area contributed by atoms with Crippen molar-refractivity contribution in [2.75, 3.05) is 6.61 Å². The molecule has 2 aliphatic rings. The maximum atomic E-state index is 13.1. The second kappa shape index (κ2) is 6.33. The zero-order chi connectivity index (χ0) is 18.1. The van der Waals surface area contributed by atoms with Crippen LogP contribution in [0.4, 0.5) is 4.39 Å². The molecule has 1 fully saturated rings. The minimum absolute atomic E-state index is 0.0574. The van der Waals surface area contributed by atoms with Crippen molar-refractivity contribution in [1.82, 2.24) is 10.9 Å². The second-order valence-electron chi connectivity index (χ2n) is 6.40. The molecule has 0 spiro atoms. The normalized spacial score (nSPS) is 19.3. The van der Waals surface area contributed by atoms with Gasteiger partial charge in [0.05, 0.1) is 5.41 Å². The Bertz CT molecular complexity index is 849. The summed E-state index contributed by atoms with van der Waals surface area (Å²) in [4.78, 5) is 24.8. The third-order valence-corrected chi connectivity index (χ3v) is 4.68. The monoisotopic (exact) mass is 356 g/mol. The van der Waals surface area contributed by atoms with Crippen molar-refractivity contribution in [2.24, 2.45) is 0 Å². The largest absolute Gasteiger partial charge is 0.485 e. The average Bonchev–Trinajstić information content (AvgIpc) is 3.48. The Kier molecular flexibility index (Phi) is 3.99. The predicted octanol–water partition coefficient (Wildman–Crippen LogP) is 1.84. The van der Waals surface area contributed by atoms with Gasteiger partial charge in [-0.3, -0.25) is 20.4 Å². The summed E-state index contributed by atoms with van der Waals surface area (Å²) in [7, 11) is 0. The molecule has 1 aliphatic carbocycles. The summed E-state index contributed by atoms with van der Waals surface area (Å²) in [5.74, 6) is -0.116. The van der Waals surface area contributed by atoms with Gasteiger partial charge in [-0.05, 0) is 42.7 Å². The molecule has 2 N–H and O–H groups in total. The van der Waals surface area contributed by atoms with Gasteiger partial charge in [-0.1, -0.05) is 24.3 Å². The maximum Gasteiger partial charge on any atom is 0.283 e. The van der Waals surface area contributed by atoms with Crippen LogP contribution in [0.15, 0.2) is 48.5 Å². The zero-order valence-electron chi connectivity index (χ0n) is 13.8. The number of nitrogens with one attached hydrogen (secondary N) is 2. The van der Waals surface area contributed by atoms with Crippen LogP contribution in [0.1, 0.15) is 18.4 Å². The van der Waals surface area contributed by atoms with Crippen molar-refractivity contribution in [1.29, 1.82) is 0 Å². The number of hydrogen-bond donors (Lipinski definition) is 2. The van der Waals surface area contributed by atoms with Gasteiger partial charge in [0, 0.05) is 0 Å². The van der Waals surface area contributed by atoms with Crippen molar-refractivity contribution < 1.29 is 23.5 Å². The van der Waals surface area contributed by atoms with E-state index in [4.69, 9.17) is 9.47 Å². The summed E-state index contributed by atoms with van der Waals surface area (Å²) < 4.78 is 24.2. The number of hydrogen-bond acceptors (Lipinski definition) is 4. The highest BCUT2D eigenvalue weighted by Crippen LogP contribution is 2.48. The van der Waals surface area contributed by atoms with Gasteiger partial charge in [-0.25, -0.2) is 4.39 Å². The summed E-state index contributed by atoms with van der Waals surface area (Å²) in [5.41, 5.74) is 4.87. The van der Waals surface area contributed by atoms with Gasteiger partial charge in [0.2, 0.25) is 12.0 Å². The lowest BCUT2D eigenvalue weighted by molar-refractivity contribution is -0.135. The predicted molar refractivity (Wildman–Crippen MR) is 90.0 cm³/mol. The molecule has 134 valence electrons. The standard InChI is InChI=1S/C19H17FN2O4/c20-13-7-5-12(6-8-13)19(9-10-19)18(24)22-21-17(23)16-11-25-14-3-1-2-4-15(14)26-16/h1-8,16H,9-11H2,(H,21,23)(H,22,24). The van der Waals surface area contributed by atoms with Crippen LogP contribution in [-0.4, -0.2) is 24.5 Å². The van der Waals surface area contributed by atoms with Crippen LogP contribution in [0.5, 0.6) is 11.5 Å². The summed E-state index contributed by atoms with van der Waals surface area (Å²) in [6.45, 7) is 0.0574. The molecule has 1 saturated carbocycles. The number of para-hydroxylation sites is 2. The number of carbonyl (C=O) groups is 2. The molecule has 2 aromatic carbocycles. The quantitative estimate of drug-likeness (QED) is 0.823. The Morgan fingerprint density at radius 1 is 1.00 bits per heavy atom. The van der Waals surface area contributed by atoms with E-state index in [0.717, 1.165) is 5.56 Å². The minimum Gasteiger partial charge on any atom is -0.485 e. The van der Waals surface area contributed by atoms with Crippen LogP contribution in [0.2, 0.25) is 0 Å². The summed E-state index contributed by atoms with van der Waals surface area (Å²) >= 11 is 0. The topological polar surface area (TPSA) is 76.7 Å². The van der Waals surface area contributed by atoms with Crippen molar-refractivity contribution in [2.45, 2.75) is 24.4 Å². The highest BCUT2D eigenvalue weighted by Gasteiger charge is 2.51. The van der Waals surface area contributed by atoms with Crippen LogP contribution in [-0.2, 0) is 15.0 Å². The third kappa shape index (κ3) is 2.96. The van der Waals surface area contributed by atoms with Gasteiger partial charge in [0.1, 0.15) is 12.4 Å². The first-order valence-corrected chi connectivity index (χ1v) is 8.33. The number of rotatable bonds is 3. The Hall–Kier alpha value is -3.09. The lowest BCUT2D eigenvalue weighted by atomic mass is 9.95. The van der Waals surface area contributed by atoms with Crippen molar-refractivity contribution >= 4 is 11.8 Å². The Morgan fingerprint density at radius 3 is 2.38 bits per heavy atom. The Labute approximate surface area is 149 Å². The highest BCUT2D eigenvalue weighted by atomic mass is 19.1. The first-order chi connectivity index (χ1) is 12.6. The molecule has 0 saturated heterocycles. The molecule has 1 aliphatic heterocycles. The molecule has 1 atom stereocenters.